The van der Waals surface area contributed by atoms with Crippen molar-refractivity contribution in [3.63, 3.8) is 0 Å². The van der Waals surface area contributed by atoms with E-state index in [1.54, 1.807) is 0 Å². The normalized spacial score (nSPS) is 16.6. The van der Waals surface area contributed by atoms with Crippen LogP contribution in [0.1, 0.15) is 67.9 Å². The number of rotatable bonds is 8. The van der Waals surface area contributed by atoms with Gasteiger partial charge in [0.05, 0.1) is 17.5 Å². The molecular weight excluding hydrogens is 338 g/mol. The molecule has 144 valence electrons. The predicted octanol–water partition coefficient (Wildman–Crippen LogP) is 4.35. The number of nitrogens with zero attached hydrogens (tertiary/aromatic N) is 2. The molecule has 2 heterocycles. The van der Waals surface area contributed by atoms with Crippen LogP contribution in [0.2, 0.25) is 0 Å². The van der Waals surface area contributed by atoms with E-state index in [-0.39, 0.29) is 5.91 Å². The third-order valence-corrected chi connectivity index (χ3v) is 4.98. The molecule has 5 nitrogen and oxygen atoms in total. The minimum absolute atomic E-state index is 0.0279. The summed E-state index contributed by atoms with van der Waals surface area (Å²) < 4.78 is 5.62. The van der Waals surface area contributed by atoms with Crippen LogP contribution in [0.15, 0.2) is 36.4 Å². The Balaban J connectivity index is 1.45. The Morgan fingerprint density at radius 1 is 1.15 bits per heavy atom. The Bertz CT molecular complexity index is 720. The lowest BCUT2D eigenvalue weighted by atomic mass is 10.1. The first-order valence-corrected chi connectivity index (χ1v) is 9.97. The van der Waals surface area contributed by atoms with Crippen LogP contribution in [0.5, 0.6) is 0 Å². The first kappa shape index (κ1) is 19.5. The van der Waals surface area contributed by atoms with Crippen molar-refractivity contribution in [2.75, 3.05) is 13.2 Å². The van der Waals surface area contributed by atoms with E-state index in [0.29, 0.717) is 24.1 Å². The molecule has 5 heteroatoms. The molecule has 0 unspecified atom stereocenters. The highest BCUT2D eigenvalue weighted by atomic mass is 16.5. The Morgan fingerprint density at radius 3 is 2.59 bits per heavy atom. The summed E-state index contributed by atoms with van der Waals surface area (Å²) in [5.74, 6) is 0.336. The van der Waals surface area contributed by atoms with Crippen LogP contribution < -0.4 is 5.32 Å². The molecule has 3 rings (SSSR count). The zero-order chi connectivity index (χ0) is 19.1. The molecule has 2 aromatic rings. The van der Waals surface area contributed by atoms with Gasteiger partial charge in [-0.25, -0.2) is 0 Å². The van der Waals surface area contributed by atoms with Crippen LogP contribution in [0, 0.1) is 0 Å². The van der Waals surface area contributed by atoms with Crippen molar-refractivity contribution in [1.82, 2.24) is 15.5 Å². The second kappa shape index (κ2) is 9.60. The number of benzene rings is 1. The summed E-state index contributed by atoms with van der Waals surface area (Å²) >= 11 is 0. The molecule has 0 bridgehead atoms. The summed E-state index contributed by atoms with van der Waals surface area (Å²) in [6.45, 7) is 5.81. The van der Waals surface area contributed by atoms with Gasteiger partial charge in [-0.3, -0.25) is 4.79 Å². The quantitative estimate of drug-likeness (QED) is 0.705. The largest absolute Gasteiger partial charge is 0.378 e. The maximum Gasteiger partial charge on any atom is 0.251 e. The molecule has 1 aromatic heterocycles. The van der Waals surface area contributed by atoms with Gasteiger partial charge < -0.3 is 10.1 Å². The molecule has 0 saturated carbocycles. The van der Waals surface area contributed by atoms with E-state index >= 15 is 0 Å². The van der Waals surface area contributed by atoms with E-state index < -0.39 is 0 Å². The summed E-state index contributed by atoms with van der Waals surface area (Å²) in [6.07, 6.45) is 5.98. The second-order valence-electron chi connectivity index (χ2n) is 7.46. The number of nitrogens with one attached hydrogen (secondary N) is 1. The van der Waals surface area contributed by atoms with Crippen LogP contribution in [0.4, 0.5) is 0 Å². The number of hydrogen-bond donors (Lipinski definition) is 1. The van der Waals surface area contributed by atoms with Crippen LogP contribution in [-0.4, -0.2) is 35.4 Å². The lowest BCUT2D eigenvalue weighted by Crippen LogP contribution is -2.24. The Kier molecular flexibility index (Phi) is 6.93. The molecule has 1 aliphatic heterocycles. The SMILES string of the molecule is CC(C)c1ccc(-c2ccc(C(=O)NCCCC[C@H]3CCCO3)cc2)nn1. The highest BCUT2D eigenvalue weighted by Gasteiger charge is 2.14. The van der Waals surface area contributed by atoms with Crippen molar-refractivity contribution in [3.8, 4) is 11.3 Å². The lowest BCUT2D eigenvalue weighted by molar-refractivity contribution is 0.0947. The number of hydrogen-bond acceptors (Lipinski definition) is 4. The van der Waals surface area contributed by atoms with Gasteiger partial charge in [0, 0.05) is 24.3 Å². The van der Waals surface area contributed by atoms with Gasteiger partial charge in [0.25, 0.3) is 5.91 Å². The van der Waals surface area contributed by atoms with Gasteiger partial charge in [-0.05, 0) is 62.3 Å². The number of unbranched alkanes of at least 4 members (excludes halogenated alkanes) is 1. The van der Waals surface area contributed by atoms with Crippen molar-refractivity contribution in [3.05, 3.63) is 47.7 Å². The van der Waals surface area contributed by atoms with E-state index in [9.17, 15) is 4.79 Å². The Labute approximate surface area is 161 Å². The summed E-state index contributed by atoms with van der Waals surface area (Å²) in [4.78, 5) is 12.3. The van der Waals surface area contributed by atoms with Gasteiger partial charge >= 0.3 is 0 Å². The molecule has 0 spiro atoms. The highest BCUT2D eigenvalue weighted by Crippen LogP contribution is 2.19. The van der Waals surface area contributed by atoms with E-state index in [4.69, 9.17) is 4.74 Å². The fourth-order valence-corrected chi connectivity index (χ4v) is 3.27. The van der Waals surface area contributed by atoms with Gasteiger partial charge in [-0.15, -0.1) is 0 Å². The Morgan fingerprint density at radius 2 is 1.96 bits per heavy atom. The molecular formula is C22H29N3O2. The smallest absolute Gasteiger partial charge is 0.251 e. The molecule has 0 aliphatic carbocycles. The maximum atomic E-state index is 12.3. The standard InChI is InChI=1S/C22H29N3O2/c1-16(2)20-12-13-21(25-24-20)17-8-10-18(11-9-17)22(26)23-14-4-3-6-19-7-5-15-27-19/h8-13,16,19H,3-7,14-15H2,1-2H3,(H,23,26)/t19-/m0/s1. The molecule has 1 atom stereocenters. The Hall–Kier alpha value is -2.27. The van der Waals surface area contributed by atoms with Gasteiger partial charge in [0.15, 0.2) is 0 Å². The minimum Gasteiger partial charge on any atom is -0.378 e. The predicted molar refractivity (Wildman–Crippen MR) is 107 cm³/mol. The van der Waals surface area contributed by atoms with Crippen LogP contribution >= 0.6 is 0 Å². The molecule has 1 amide bonds. The summed E-state index contributed by atoms with van der Waals surface area (Å²) in [5.41, 5.74) is 3.44. The van der Waals surface area contributed by atoms with Crippen molar-refractivity contribution in [2.45, 2.75) is 58.0 Å². The second-order valence-corrected chi connectivity index (χ2v) is 7.46. The zero-order valence-electron chi connectivity index (χ0n) is 16.3. The van der Waals surface area contributed by atoms with E-state index in [2.05, 4.69) is 29.4 Å². The van der Waals surface area contributed by atoms with Crippen molar-refractivity contribution >= 4 is 5.91 Å². The number of carbonyl (C=O) groups excluding carboxylic acids is 1. The van der Waals surface area contributed by atoms with E-state index in [0.717, 1.165) is 42.8 Å². The first-order valence-electron chi connectivity index (χ1n) is 9.97. The van der Waals surface area contributed by atoms with Gasteiger partial charge in [-0.2, -0.15) is 10.2 Å². The average molecular weight is 367 g/mol. The molecule has 27 heavy (non-hydrogen) atoms. The van der Waals surface area contributed by atoms with Crippen molar-refractivity contribution < 1.29 is 9.53 Å². The van der Waals surface area contributed by atoms with Crippen LogP contribution in [0.3, 0.4) is 0 Å². The summed E-state index contributed by atoms with van der Waals surface area (Å²) in [5, 5.41) is 11.5. The molecule has 0 radical (unpaired) electrons. The maximum absolute atomic E-state index is 12.3. The molecule has 1 aliphatic rings. The van der Waals surface area contributed by atoms with E-state index in [1.165, 1.54) is 12.8 Å². The van der Waals surface area contributed by atoms with Gasteiger partial charge in [-0.1, -0.05) is 26.0 Å². The number of ether oxygens (including phenoxy) is 1. The van der Waals surface area contributed by atoms with Crippen LogP contribution in [0.25, 0.3) is 11.3 Å². The van der Waals surface area contributed by atoms with Gasteiger partial charge in [0.1, 0.15) is 0 Å². The number of aromatic nitrogens is 2. The minimum atomic E-state index is -0.0279. The molecule has 1 fully saturated rings. The van der Waals surface area contributed by atoms with E-state index in [1.807, 2.05) is 36.4 Å². The summed E-state index contributed by atoms with van der Waals surface area (Å²) in [7, 11) is 0. The molecule has 1 N–H and O–H groups in total. The monoisotopic (exact) mass is 367 g/mol. The number of amides is 1. The molecule has 1 saturated heterocycles. The first-order chi connectivity index (χ1) is 13.1. The fraction of sp³-hybridized carbons (Fsp3) is 0.500. The van der Waals surface area contributed by atoms with Crippen LogP contribution in [-0.2, 0) is 4.74 Å². The van der Waals surface area contributed by atoms with Gasteiger partial charge in [0.2, 0.25) is 0 Å². The van der Waals surface area contributed by atoms with Crippen molar-refractivity contribution in [2.24, 2.45) is 0 Å². The lowest BCUT2D eigenvalue weighted by Gasteiger charge is -2.09. The molecule has 1 aromatic carbocycles. The number of carbonyl (C=O) groups is 1. The van der Waals surface area contributed by atoms with Crippen molar-refractivity contribution in [1.29, 1.82) is 0 Å². The highest BCUT2D eigenvalue weighted by molar-refractivity contribution is 5.94. The third-order valence-electron chi connectivity index (χ3n) is 4.98. The fourth-order valence-electron chi connectivity index (χ4n) is 3.27. The average Bonchev–Trinajstić information content (AvgIpc) is 3.21. The zero-order valence-corrected chi connectivity index (χ0v) is 16.3. The third kappa shape index (κ3) is 5.60. The topological polar surface area (TPSA) is 64.1 Å². The summed E-state index contributed by atoms with van der Waals surface area (Å²) in [6, 6.07) is 11.5.